The van der Waals surface area contributed by atoms with Crippen LogP contribution in [-0.2, 0) is 11.3 Å². The number of hydrogen-bond donors (Lipinski definition) is 3. The molecule has 0 saturated heterocycles. The first kappa shape index (κ1) is 14.8. The molecule has 0 radical (unpaired) electrons. The Morgan fingerprint density at radius 1 is 1.55 bits per heavy atom. The largest absolute Gasteiger partial charge is 0.480 e. The number of aliphatic hydroxyl groups excluding tert-OH is 1. The van der Waals surface area contributed by atoms with Gasteiger partial charge < -0.3 is 20.4 Å². The highest BCUT2D eigenvalue weighted by molar-refractivity contribution is 7.09. The minimum Gasteiger partial charge on any atom is -0.480 e. The first-order valence-corrected chi connectivity index (χ1v) is 7.37. The molecule has 1 heterocycles. The van der Waals surface area contributed by atoms with Gasteiger partial charge in [-0.15, -0.1) is 11.3 Å². The van der Waals surface area contributed by atoms with Gasteiger partial charge in [-0.2, -0.15) is 0 Å². The van der Waals surface area contributed by atoms with Crippen molar-refractivity contribution < 1.29 is 19.8 Å². The lowest BCUT2D eigenvalue weighted by atomic mass is 10.2. The molecule has 1 aliphatic rings. The molecule has 20 heavy (non-hydrogen) atoms. The van der Waals surface area contributed by atoms with Gasteiger partial charge in [-0.3, -0.25) is 0 Å². The Balaban J connectivity index is 2.01. The summed E-state index contributed by atoms with van der Waals surface area (Å²) in [5.41, 5.74) is 0. The third-order valence-electron chi connectivity index (χ3n) is 3.18. The number of hydrogen-bond acceptors (Lipinski definition) is 4. The molecule has 0 spiro atoms. The SMILES string of the molecule is CC(O)C(NC(=O)N(Cc1cccs1)C1CC1)C(=O)O. The van der Waals surface area contributed by atoms with Gasteiger partial charge in [-0.1, -0.05) is 6.07 Å². The lowest BCUT2D eigenvalue weighted by Crippen LogP contribution is -2.52. The summed E-state index contributed by atoms with van der Waals surface area (Å²) in [5, 5.41) is 22.7. The Morgan fingerprint density at radius 2 is 2.25 bits per heavy atom. The van der Waals surface area contributed by atoms with E-state index in [4.69, 9.17) is 5.11 Å². The summed E-state index contributed by atoms with van der Waals surface area (Å²) in [6.45, 7) is 1.82. The first-order chi connectivity index (χ1) is 9.49. The molecule has 7 heteroatoms. The summed E-state index contributed by atoms with van der Waals surface area (Å²) in [7, 11) is 0. The fraction of sp³-hybridized carbons (Fsp3) is 0.538. The van der Waals surface area contributed by atoms with Crippen molar-refractivity contribution in [2.75, 3.05) is 0 Å². The van der Waals surface area contributed by atoms with Crippen molar-refractivity contribution in [3.05, 3.63) is 22.4 Å². The van der Waals surface area contributed by atoms with Gasteiger partial charge in [-0.05, 0) is 31.2 Å². The highest BCUT2D eigenvalue weighted by Crippen LogP contribution is 2.29. The van der Waals surface area contributed by atoms with Crippen molar-refractivity contribution >= 4 is 23.3 Å². The van der Waals surface area contributed by atoms with Crippen molar-refractivity contribution in [1.29, 1.82) is 0 Å². The number of thiophene rings is 1. The standard InChI is InChI=1S/C13H18N2O4S/c1-8(16)11(12(17)18)14-13(19)15(9-4-5-9)7-10-3-2-6-20-10/h2-3,6,8-9,11,16H,4-5,7H2,1H3,(H,14,19)(H,17,18). The van der Waals surface area contributed by atoms with Gasteiger partial charge >= 0.3 is 12.0 Å². The number of aliphatic hydroxyl groups is 1. The first-order valence-electron chi connectivity index (χ1n) is 6.49. The molecule has 1 aromatic heterocycles. The molecule has 1 fully saturated rings. The second-order valence-corrected chi connectivity index (χ2v) is 5.98. The van der Waals surface area contributed by atoms with Gasteiger partial charge in [0.05, 0.1) is 12.6 Å². The molecule has 3 N–H and O–H groups in total. The molecule has 0 bridgehead atoms. The Kier molecular flexibility index (Phi) is 4.61. The van der Waals surface area contributed by atoms with Crippen molar-refractivity contribution in [2.24, 2.45) is 0 Å². The van der Waals surface area contributed by atoms with E-state index in [-0.39, 0.29) is 6.04 Å². The van der Waals surface area contributed by atoms with E-state index >= 15 is 0 Å². The van der Waals surface area contributed by atoms with Crippen LogP contribution in [0.2, 0.25) is 0 Å². The van der Waals surface area contributed by atoms with E-state index in [1.807, 2.05) is 17.5 Å². The summed E-state index contributed by atoms with van der Waals surface area (Å²) in [6, 6.07) is 2.30. The molecule has 1 saturated carbocycles. The van der Waals surface area contributed by atoms with Crippen LogP contribution in [0.1, 0.15) is 24.6 Å². The van der Waals surface area contributed by atoms with Gasteiger partial charge in [-0.25, -0.2) is 9.59 Å². The van der Waals surface area contributed by atoms with E-state index in [1.165, 1.54) is 6.92 Å². The lowest BCUT2D eigenvalue weighted by Gasteiger charge is -2.25. The molecule has 2 unspecified atom stereocenters. The number of nitrogens with zero attached hydrogens (tertiary/aromatic N) is 1. The summed E-state index contributed by atoms with van der Waals surface area (Å²) in [4.78, 5) is 25.9. The van der Waals surface area contributed by atoms with Gasteiger partial charge in [0, 0.05) is 10.9 Å². The van der Waals surface area contributed by atoms with Crippen LogP contribution in [0.4, 0.5) is 4.79 Å². The molecule has 6 nitrogen and oxygen atoms in total. The average Bonchev–Trinajstić information content (AvgIpc) is 3.09. The number of carbonyl (C=O) groups excluding carboxylic acids is 1. The van der Waals surface area contributed by atoms with E-state index in [0.717, 1.165) is 17.7 Å². The molecule has 2 amide bonds. The average molecular weight is 298 g/mol. The smallest absolute Gasteiger partial charge is 0.328 e. The van der Waals surface area contributed by atoms with Gasteiger partial charge in [0.2, 0.25) is 0 Å². The van der Waals surface area contributed by atoms with Crippen LogP contribution < -0.4 is 5.32 Å². The number of nitrogens with one attached hydrogen (secondary N) is 1. The molecule has 2 rings (SSSR count). The maximum absolute atomic E-state index is 12.2. The normalized spacial score (nSPS) is 17.3. The van der Waals surface area contributed by atoms with Gasteiger partial charge in [0.1, 0.15) is 0 Å². The number of urea groups is 1. The Morgan fingerprint density at radius 3 is 2.70 bits per heavy atom. The van der Waals surface area contributed by atoms with Crippen molar-refractivity contribution in [2.45, 2.75) is 44.5 Å². The molecule has 2 atom stereocenters. The maximum atomic E-state index is 12.2. The van der Waals surface area contributed by atoms with Crippen molar-refractivity contribution in [1.82, 2.24) is 10.2 Å². The maximum Gasteiger partial charge on any atom is 0.328 e. The van der Waals surface area contributed by atoms with Gasteiger partial charge in [0.25, 0.3) is 0 Å². The highest BCUT2D eigenvalue weighted by atomic mass is 32.1. The predicted molar refractivity (Wildman–Crippen MR) is 74.5 cm³/mol. The minimum atomic E-state index is -1.29. The molecule has 0 aliphatic heterocycles. The van der Waals surface area contributed by atoms with Crippen LogP contribution >= 0.6 is 11.3 Å². The zero-order chi connectivity index (χ0) is 14.7. The van der Waals surface area contributed by atoms with Crippen LogP contribution in [0.3, 0.4) is 0 Å². The quantitative estimate of drug-likeness (QED) is 0.737. The number of aliphatic carboxylic acids is 1. The zero-order valence-electron chi connectivity index (χ0n) is 11.2. The van der Waals surface area contributed by atoms with Gasteiger partial charge in [0.15, 0.2) is 6.04 Å². The van der Waals surface area contributed by atoms with Crippen molar-refractivity contribution in [3.63, 3.8) is 0 Å². The number of carbonyl (C=O) groups is 2. The molecule has 1 aromatic rings. The number of rotatable bonds is 6. The van der Waals surface area contributed by atoms with E-state index in [0.29, 0.717) is 6.54 Å². The number of amides is 2. The zero-order valence-corrected chi connectivity index (χ0v) is 12.0. The summed E-state index contributed by atoms with van der Waals surface area (Å²) < 4.78 is 0. The monoisotopic (exact) mass is 298 g/mol. The van der Waals surface area contributed by atoms with E-state index in [9.17, 15) is 14.7 Å². The topological polar surface area (TPSA) is 89.9 Å². The Labute approximate surface area is 121 Å². The number of carboxylic acids is 1. The number of carboxylic acid groups (broad SMARTS) is 1. The summed E-state index contributed by atoms with van der Waals surface area (Å²) in [6.07, 6.45) is 0.732. The fourth-order valence-corrected chi connectivity index (χ4v) is 2.63. The predicted octanol–water partition coefficient (Wildman–Crippen LogP) is 1.26. The summed E-state index contributed by atoms with van der Waals surface area (Å²) >= 11 is 1.56. The van der Waals surface area contributed by atoms with E-state index < -0.39 is 24.1 Å². The second-order valence-electron chi connectivity index (χ2n) is 4.94. The van der Waals surface area contributed by atoms with Crippen LogP contribution in [0.15, 0.2) is 17.5 Å². The van der Waals surface area contributed by atoms with Crippen LogP contribution in [0.5, 0.6) is 0 Å². The summed E-state index contributed by atoms with van der Waals surface area (Å²) in [5.74, 6) is -1.24. The van der Waals surface area contributed by atoms with Crippen LogP contribution in [-0.4, -0.2) is 45.3 Å². The fourth-order valence-electron chi connectivity index (χ4n) is 1.93. The molecule has 110 valence electrons. The second kappa shape index (κ2) is 6.23. The molecule has 0 aromatic carbocycles. The van der Waals surface area contributed by atoms with E-state index in [2.05, 4.69) is 5.32 Å². The van der Waals surface area contributed by atoms with Crippen LogP contribution in [0, 0.1) is 0 Å². The third kappa shape index (κ3) is 3.71. The van der Waals surface area contributed by atoms with Crippen LogP contribution in [0.25, 0.3) is 0 Å². The molecular formula is C13H18N2O4S. The Hall–Kier alpha value is -1.60. The third-order valence-corrected chi connectivity index (χ3v) is 4.04. The van der Waals surface area contributed by atoms with E-state index in [1.54, 1.807) is 16.2 Å². The molecular weight excluding hydrogens is 280 g/mol. The van der Waals surface area contributed by atoms with Crippen molar-refractivity contribution in [3.8, 4) is 0 Å². The molecule has 1 aliphatic carbocycles. The lowest BCUT2D eigenvalue weighted by molar-refractivity contribution is -0.141. The highest BCUT2D eigenvalue weighted by Gasteiger charge is 2.35. The minimum absolute atomic E-state index is 0.167. The Bertz CT molecular complexity index is 471.